The van der Waals surface area contributed by atoms with Crippen molar-refractivity contribution in [3.63, 3.8) is 0 Å². The maximum absolute atomic E-state index is 4.51. The lowest BCUT2D eigenvalue weighted by Crippen LogP contribution is -2.17. The van der Waals surface area contributed by atoms with Crippen LogP contribution in [0.1, 0.15) is 17.5 Å². The molecule has 0 saturated carbocycles. The summed E-state index contributed by atoms with van der Waals surface area (Å²) in [6.07, 6.45) is 2.83. The molecule has 5 nitrogen and oxygen atoms in total. The second kappa shape index (κ2) is 7.75. The predicted octanol–water partition coefficient (Wildman–Crippen LogP) is 3.20. The lowest BCUT2D eigenvalue weighted by Gasteiger charge is -2.12. The third-order valence-electron chi connectivity index (χ3n) is 3.59. The Bertz CT molecular complexity index is 610. The minimum Gasteiger partial charge on any atom is -0.354 e. The summed E-state index contributed by atoms with van der Waals surface area (Å²) in [6.45, 7) is 6.13. The molecule has 2 aromatic rings. The standard InChI is InChI=1S/C17H25N5/c1-13-7-5-8-15(14(13)2)20-16-9-11-19-17(21-16)18-10-6-12-22(3)4/h5,7-9,11H,6,10,12H2,1-4H3,(H2,18,19,20,21). The van der Waals surface area contributed by atoms with Crippen LogP contribution in [0.4, 0.5) is 17.5 Å². The minimum absolute atomic E-state index is 0.661. The summed E-state index contributed by atoms with van der Waals surface area (Å²) in [4.78, 5) is 10.9. The van der Waals surface area contributed by atoms with Crippen LogP contribution < -0.4 is 10.6 Å². The Hall–Kier alpha value is -2.14. The summed E-state index contributed by atoms with van der Waals surface area (Å²) in [5.74, 6) is 1.47. The van der Waals surface area contributed by atoms with Gasteiger partial charge in [0.25, 0.3) is 0 Å². The molecule has 5 heteroatoms. The Balaban J connectivity index is 1.98. The zero-order valence-corrected chi connectivity index (χ0v) is 13.8. The molecular formula is C17H25N5. The van der Waals surface area contributed by atoms with Crippen LogP contribution in [0.3, 0.4) is 0 Å². The summed E-state index contributed by atoms with van der Waals surface area (Å²) in [5, 5.41) is 6.63. The fourth-order valence-corrected chi connectivity index (χ4v) is 2.13. The van der Waals surface area contributed by atoms with Gasteiger partial charge in [-0.25, -0.2) is 4.98 Å². The Morgan fingerprint density at radius 1 is 1.14 bits per heavy atom. The van der Waals surface area contributed by atoms with E-state index in [0.29, 0.717) is 5.95 Å². The first kappa shape index (κ1) is 16.2. The smallest absolute Gasteiger partial charge is 0.224 e. The van der Waals surface area contributed by atoms with Gasteiger partial charge in [0, 0.05) is 18.4 Å². The summed E-state index contributed by atoms with van der Waals surface area (Å²) in [6, 6.07) is 8.10. The first-order valence-corrected chi connectivity index (χ1v) is 7.61. The van der Waals surface area contributed by atoms with Gasteiger partial charge >= 0.3 is 0 Å². The van der Waals surface area contributed by atoms with Gasteiger partial charge in [0.05, 0.1) is 0 Å². The Morgan fingerprint density at radius 2 is 1.95 bits per heavy atom. The highest BCUT2D eigenvalue weighted by Crippen LogP contribution is 2.21. The van der Waals surface area contributed by atoms with Gasteiger partial charge in [0.2, 0.25) is 5.95 Å². The Labute approximate surface area is 132 Å². The summed E-state index contributed by atoms with van der Waals surface area (Å²) >= 11 is 0. The number of aryl methyl sites for hydroxylation is 1. The van der Waals surface area contributed by atoms with E-state index < -0.39 is 0 Å². The molecule has 1 heterocycles. The minimum atomic E-state index is 0.661. The topological polar surface area (TPSA) is 53.1 Å². The molecule has 0 fully saturated rings. The second-order valence-corrected chi connectivity index (χ2v) is 5.72. The van der Waals surface area contributed by atoms with E-state index in [9.17, 15) is 0 Å². The van der Waals surface area contributed by atoms with Crippen LogP contribution in [-0.4, -0.2) is 42.1 Å². The highest BCUT2D eigenvalue weighted by atomic mass is 15.1. The molecule has 2 rings (SSSR count). The second-order valence-electron chi connectivity index (χ2n) is 5.72. The summed E-state index contributed by atoms with van der Waals surface area (Å²) < 4.78 is 0. The van der Waals surface area contributed by atoms with Gasteiger partial charge in [-0.2, -0.15) is 4.98 Å². The fourth-order valence-electron chi connectivity index (χ4n) is 2.13. The third-order valence-corrected chi connectivity index (χ3v) is 3.59. The molecule has 1 aromatic heterocycles. The number of nitrogens with zero attached hydrogens (tertiary/aromatic N) is 3. The normalized spacial score (nSPS) is 10.8. The molecule has 0 radical (unpaired) electrons. The van der Waals surface area contributed by atoms with Gasteiger partial charge in [-0.05, 0) is 64.2 Å². The molecule has 22 heavy (non-hydrogen) atoms. The van der Waals surface area contributed by atoms with Gasteiger partial charge in [-0.15, -0.1) is 0 Å². The molecule has 0 aliphatic carbocycles. The number of hydrogen-bond donors (Lipinski definition) is 2. The van der Waals surface area contributed by atoms with E-state index in [1.807, 2.05) is 12.1 Å². The quantitative estimate of drug-likeness (QED) is 0.769. The lowest BCUT2D eigenvalue weighted by atomic mass is 10.1. The number of benzene rings is 1. The van der Waals surface area contributed by atoms with Crippen LogP contribution in [0.5, 0.6) is 0 Å². The number of anilines is 3. The molecule has 0 spiro atoms. The fraction of sp³-hybridized carbons (Fsp3) is 0.412. The molecule has 118 valence electrons. The van der Waals surface area contributed by atoms with E-state index in [2.05, 4.69) is 65.6 Å². The van der Waals surface area contributed by atoms with Crippen molar-refractivity contribution in [1.82, 2.24) is 14.9 Å². The van der Waals surface area contributed by atoms with Crippen LogP contribution in [0, 0.1) is 13.8 Å². The number of hydrogen-bond acceptors (Lipinski definition) is 5. The molecule has 0 unspecified atom stereocenters. The van der Waals surface area contributed by atoms with E-state index in [-0.39, 0.29) is 0 Å². The van der Waals surface area contributed by atoms with Crippen molar-refractivity contribution in [1.29, 1.82) is 0 Å². The van der Waals surface area contributed by atoms with E-state index in [1.165, 1.54) is 11.1 Å². The van der Waals surface area contributed by atoms with Crippen molar-refractivity contribution < 1.29 is 0 Å². The van der Waals surface area contributed by atoms with E-state index in [1.54, 1.807) is 6.20 Å². The average molecular weight is 299 g/mol. The Morgan fingerprint density at radius 3 is 2.73 bits per heavy atom. The first-order valence-electron chi connectivity index (χ1n) is 7.61. The third kappa shape index (κ3) is 4.70. The highest BCUT2D eigenvalue weighted by molar-refractivity contribution is 5.62. The molecule has 2 N–H and O–H groups in total. The SMILES string of the molecule is Cc1cccc(Nc2ccnc(NCCCN(C)C)n2)c1C. The molecule has 0 amide bonds. The first-order chi connectivity index (χ1) is 10.6. The van der Waals surface area contributed by atoms with Crippen molar-refractivity contribution in [3.8, 4) is 0 Å². The van der Waals surface area contributed by atoms with Crippen molar-refractivity contribution in [2.45, 2.75) is 20.3 Å². The predicted molar refractivity (Wildman–Crippen MR) is 92.9 cm³/mol. The Kier molecular flexibility index (Phi) is 5.72. The van der Waals surface area contributed by atoms with E-state index >= 15 is 0 Å². The maximum Gasteiger partial charge on any atom is 0.224 e. The van der Waals surface area contributed by atoms with Gasteiger partial charge in [-0.3, -0.25) is 0 Å². The van der Waals surface area contributed by atoms with Crippen LogP contribution in [0.2, 0.25) is 0 Å². The molecule has 1 aromatic carbocycles. The van der Waals surface area contributed by atoms with Gasteiger partial charge in [0.15, 0.2) is 0 Å². The molecule has 0 bridgehead atoms. The van der Waals surface area contributed by atoms with Crippen LogP contribution >= 0.6 is 0 Å². The highest BCUT2D eigenvalue weighted by Gasteiger charge is 2.03. The van der Waals surface area contributed by atoms with Crippen LogP contribution in [0.15, 0.2) is 30.5 Å². The summed E-state index contributed by atoms with van der Waals surface area (Å²) in [5.41, 5.74) is 3.58. The van der Waals surface area contributed by atoms with Crippen molar-refractivity contribution >= 4 is 17.5 Å². The lowest BCUT2D eigenvalue weighted by molar-refractivity contribution is 0.405. The molecule has 0 saturated heterocycles. The van der Waals surface area contributed by atoms with Crippen LogP contribution in [0.25, 0.3) is 0 Å². The molecule has 0 aliphatic rings. The van der Waals surface area contributed by atoms with Gasteiger partial charge in [-0.1, -0.05) is 12.1 Å². The molecule has 0 atom stereocenters. The van der Waals surface area contributed by atoms with E-state index in [0.717, 1.165) is 31.0 Å². The van der Waals surface area contributed by atoms with Crippen molar-refractivity contribution in [2.24, 2.45) is 0 Å². The van der Waals surface area contributed by atoms with Gasteiger partial charge in [0.1, 0.15) is 5.82 Å². The summed E-state index contributed by atoms with van der Waals surface area (Å²) in [7, 11) is 4.15. The van der Waals surface area contributed by atoms with Crippen molar-refractivity contribution in [3.05, 3.63) is 41.6 Å². The number of nitrogens with one attached hydrogen (secondary N) is 2. The van der Waals surface area contributed by atoms with Crippen molar-refractivity contribution in [2.75, 3.05) is 37.8 Å². The van der Waals surface area contributed by atoms with Gasteiger partial charge < -0.3 is 15.5 Å². The maximum atomic E-state index is 4.51. The number of aromatic nitrogens is 2. The number of rotatable bonds is 7. The monoisotopic (exact) mass is 299 g/mol. The zero-order chi connectivity index (χ0) is 15.9. The largest absolute Gasteiger partial charge is 0.354 e. The average Bonchev–Trinajstić information content (AvgIpc) is 2.49. The molecule has 0 aliphatic heterocycles. The zero-order valence-electron chi connectivity index (χ0n) is 13.8. The van der Waals surface area contributed by atoms with E-state index in [4.69, 9.17) is 0 Å². The molecular weight excluding hydrogens is 274 g/mol. The van der Waals surface area contributed by atoms with Crippen LogP contribution in [-0.2, 0) is 0 Å².